The number of ether oxygens (including phenoxy) is 1. The molecule has 0 spiro atoms. The van der Waals surface area contributed by atoms with Crippen LogP contribution >= 0.6 is 0 Å². The number of ketones is 1. The second kappa shape index (κ2) is 7.75. The van der Waals surface area contributed by atoms with Crippen LogP contribution < -0.4 is 10.1 Å². The first-order valence-electron chi connectivity index (χ1n) is 9.18. The highest BCUT2D eigenvalue weighted by atomic mass is 16.5. The summed E-state index contributed by atoms with van der Waals surface area (Å²) in [6.07, 6.45) is 4.77. The minimum absolute atomic E-state index is 0.0168. The minimum Gasteiger partial charge on any atom is -0.493 e. The fourth-order valence-corrected chi connectivity index (χ4v) is 2.86. The molecule has 0 fully saturated rings. The van der Waals surface area contributed by atoms with Crippen molar-refractivity contribution in [2.24, 2.45) is 5.41 Å². The lowest BCUT2D eigenvalue weighted by molar-refractivity contribution is 0.0981. The Balaban J connectivity index is 1.84. The van der Waals surface area contributed by atoms with E-state index >= 15 is 0 Å². The van der Waals surface area contributed by atoms with Crippen LogP contribution in [0.3, 0.4) is 0 Å². The van der Waals surface area contributed by atoms with Crippen LogP contribution in [0.25, 0.3) is 0 Å². The number of aromatic nitrogens is 2. The molecule has 0 aliphatic heterocycles. The van der Waals surface area contributed by atoms with E-state index in [-0.39, 0.29) is 11.2 Å². The monoisotopic (exact) mass is 364 g/mol. The van der Waals surface area contributed by atoms with Gasteiger partial charge in [-0.1, -0.05) is 20.8 Å². The first-order valence-corrected chi connectivity index (χ1v) is 9.18. The molecule has 0 amide bonds. The Bertz CT molecular complexity index is 894. The molecule has 2 aromatic rings. The number of nitrogens with zero attached hydrogens (tertiary/aromatic N) is 3. The number of benzene rings is 1. The van der Waals surface area contributed by atoms with Crippen molar-refractivity contribution >= 4 is 17.4 Å². The molecule has 6 heteroatoms. The molecule has 6 nitrogen and oxygen atoms in total. The van der Waals surface area contributed by atoms with Crippen molar-refractivity contribution in [2.45, 2.75) is 46.5 Å². The zero-order chi connectivity index (χ0) is 19.4. The van der Waals surface area contributed by atoms with Gasteiger partial charge in [-0.15, -0.1) is 0 Å². The van der Waals surface area contributed by atoms with E-state index in [1.807, 2.05) is 6.07 Å². The Kier molecular flexibility index (Phi) is 5.41. The van der Waals surface area contributed by atoms with Crippen LogP contribution in [-0.4, -0.2) is 22.4 Å². The van der Waals surface area contributed by atoms with Gasteiger partial charge in [-0.3, -0.25) is 4.79 Å². The van der Waals surface area contributed by atoms with Gasteiger partial charge in [0.25, 0.3) is 0 Å². The van der Waals surface area contributed by atoms with Crippen molar-refractivity contribution in [3.63, 3.8) is 0 Å². The molecular weight excluding hydrogens is 340 g/mol. The van der Waals surface area contributed by atoms with Gasteiger partial charge in [0.1, 0.15) is 5.75 Å². The maximum absolute atomic E-state index is 12.1. The van der Waals surface area contributed by atoms with Gasteiger partial charge in [-0.2, -0.15) is 5.26 Å². The third-order valence-electron chi connectivity index (χ3n) is 4.20. The number of nitriles is 1. The van der Waals surface area contributed by atoms with Crippen molar-refractivity contribution in [3.05, 3.63) is 41.2 Å². The van der Waals surface area contributed by atoms with Gasteiger partial charge < -0.3 is 10.1 Å². The fraction of sp³-hybridized carbons (Fsp3) is 0.429. The Morgan fingerprint density at radius 2 is 2.00 bits per heavy atom. The molecule has 0 bridgehead atoms. The second-order valence-electron chi connectivity index (χ2n) is 8.02. The van der Waals surface area contributed by atoms with Crippen molar-refractivity contribution < 1.29 is 9.53 Å². The van der Waals surface area contributed by atoms with Crippen molar-refractivity contribution in [2.75, 3.05) is 11.9 Å². The van der Waals surface area contributed by atoms with Crippen LogP contribution in [0, 0.1) is 16.7 Å². The van der Waals surface area contributed by atoms with Crippen molar-refractivity contribution in [3.8, 4) is 11.8 Å². The number of hydrogen-bond acceptors (Lipinski definition) is 6. The topological polar surface area (TPSA) is 87.9 Å². The van der Waals surface area contributed by atoms with E-state index in [0.29, 0.717) is 41.5 Å². The zero-order valence-electron chi connectivity index (χ0n) is 16.0. The Morgan fingerprint density at radius 1 is 1.22 bits per heavy atom. The molecule has 0 saturated carbocycles. The minimum atomic E-state index is 0.0168. The molecule has 0 radical (unpaired) electrons. The molecule has 1 aliphatic rings. The molecule has 3 rings (SSSR count). The quantitative estimate of drug-likeness (QED) is 0.808. The highest BCUT2D eigenvalue weighted by molar-refractivity contribution is 5.97. The summed E-state index contributed by atoms with van der Waals surface area (Å²) in [6.45, 7) is 6.81. The number of fused-ring (bicyclic) bond motifs is 1. The predicted molar refractivity (Wildman–Crippen MR) is 103 cm³/mol. The number of aryl methyl sites for hydroxylation is 1. The van der Waals surface area contributed by atoms with Crippen LogP contribution in [0.15, 0.2) is 24.4 Å². The molecule has 1 heterocycles. The summed E-state index contributed by atoms with van der Waals surface area (Å²) in [4.78, 5) is 20.9. The molecule has 1 aromatic carbocycles. The van der Waals surface area contributed by atoms with Gasteiger partial charge in [0, 0.05) is 24.4 Å². The van der Waals surface area contributed by atoms with Gasteiger partial charge in [-0.05, 0) is 36.8 Å². The summed E-state index contributed by atoms with van der Waals surface area (Å²) in [6, 6.07) is 7.42. The van der Waals surface area contributed by atoms with E-state index in [1.165, 1.54) is 0 Å². The predicted octanol–water partition coefficient (Wildman–Crippen LogP) is 4.43. The molecule has 0 atom stereocenters. The van der Waals surface area contributed by atoms with Gasteiger partial charge in [0.05, 0.1) is 29.5 Å². The molecule has 0 saturated heterocycles. The summed E-state index contributed by atoms with van der Waals surface area (Å²) in [5, 5.41) is 12.4. The Morgan fingerprint density at radius 3 is 2.74 bits per heavy atom. The summed E-state index contributed by atoms with van der Waals surface area (Å²) >= 11 is 0. The van der Waals surface area contributed by atoms with Gasteiger partial charge in [0.15, 0.2) is 5.78 Å². The van der Waals surface area contributed by atoms with E-state index in [9.17, 15) is 10.1 Å². The summed E-state index contributed by atoms with van der Waals surface area (Å²) in [7, 11) is 0. The fourth-order valence-electron chi connectivity index (χ4n) is 2.86. The molecular formula is C21H24N4O2. The normalized spacial score (nSPS) is 14.1. The van der Waals surface area contributed by atoms with Crippen molar-refractivity contribution in [1.82, 2.24) is 9.97 Å². The lowest BCUT2D eigenvalue weighted by Crippen LogP contribution is -2.17. The van der Waals surface area contributed by atoms with Crippen LogP contribution in [0.5, 0.6) is 5.75 Å². The first-order chi connectivity index (χ1) is 12.8. The lowest BCUT2D eigenvalue weighted by Gasteiger charge is -2.19. The molecule has 140 valence electrons. The average Bonchev–Trinajstić information content (AvgIpc) is 2.80. The molecule has 1 N–H and O–H groups in total. The van der Waals surface area contributed by atoms with Gasteiger partial charge in [0.2, 0.25) is 5.95 Å². The third-order valence-corrected chi connectivity index (χ3v) is 4.20. The summed E-state index contributed by atoms with van der Waals surface area (Å²) in [5.74, 6) is 1.15. The van der Waals surface area contributed by atoms with Crippen LogP contribution in [0.1, 0.15) is 61.6 Å². The molecule has 1 aromatic heterocycles. The average molecular weight is 364 g/mol. The van der Waals surface area contributed by atoms with Gasteiger partial charge >= 0.3 is 0 Å². The smallest absolute Gasteiger partial charge is 0.227 e. The number of hydrogen-bond donors (Lipinski definition) is 1. The van der Waals surface area contributed by atoms with E-state index < -0.39 is 0 Å². The Labute approximate surface area is 159 Å². The largest absolute Gasteiger partial charge is 0.493 e. The number of rotatable bonds is 4. The lowest BCUT2D eigenvalue weighted by atomic mass is 9.99. The molecule has 27 heavy (non-hydrogen) atoms. The first kappa shape index (κ1) is 18.8. The standard InChI is InChI=1S/C21H24N4O2/c1-21(2,3)13-27-16-9-14(11-22)8-15(10-16)24-20-23-12-17-18(25-20)6-4-5-7-19(17)26/h8-10,12H,4-7,13H2,1-3H3,(H,23,24,25). The summed E-state index contributed by atoms with van der Waals surface area (Å²) < 4.78 is 5.84. The molecule has 1 aliphatic carbocycles. The Hall–Kier alpha value is -2.94. The number of carbonyl (C=O) groups is 1. The highest BCUT2D eigenvalue weighted by Gasteiger charge is 2.18. The zero-order valence-corrected chi connectivity index (χ0v) is 16.0. The number of anilines is 2. The van der Waals surface area contributed by atoms with Crippen LogP contribution in [0.4, 0.5) is 11.6 Å². The van der Waals surface area contributed by atoms with Crippen LogP contribution in [0.2, 0.25) is 0 Å². The van der Waals surface area contributed by atoms with Gasteiger partial charge in [-0.25, -0.2) is 9.97 Å². The van der Waals surface area contributed by atoms with E-state index in [1.54, 1.807) is 18.3 Å². The third kappa shape index (κ3) is 5.04. The van der Waals surface area contributed by atoms with Crippen molar-refractivity contribution in [1.29, 1.82) is 5.26 Å². The molecule has 0 unspecified atom stereocenters. The van der Waals surface area contributed by atoms with E-state index in [0.717, 1.165) is 25.0 Å². The summed E-state index contributed by atoms with van der Waals surface area (Å²) in [5.41, 5.74) is 2.60. The second-order valence-corrected chi connectivity index (χ2v) is 8.02. The number of nitrogens with one attached hydrogen (secondary N) is 1. The maximum atomic E-state index is 12.1. The van der Waals surface area contributed by atoms with Crippen LogP contribution in [-0.2, 0) is 6.42 Å². The SMILES string of the molecule is CC(C)(C)COc1cc(C#N)cc(Nc2ncc3c(n2)CCCCC3=O)c1. The number of Topliss-reactive ketones (excluding diaryl/α,β-unsaturated/α-hetero) is 1. The van der Waals surface area contributed by atoms with E-state index in [4.69, 9.17) is 4.74 Å². The maximum Gasteiger partial charge on any atom is 0.227 e. The number of carbonyl (C=O) groups excluding carboxylic acids is 1. The highest BCUT2D eigenvalue weighted by Crippen LogP contribution is 2.26. The van der Waals surface area contributed by atoms with E-state index in [2.05, 4.69) is 42.1 Å².